The zero-order chi connectivity index (χ0) is 29.0. The second-order valence-electron chi connectivity index (χ2n) is 11.3. The molecule has 0 fully saturated rings. The number of fused-ring (bicyclic) bond motifs is 7. The largest absolute Gasteiger partial charge is 0.264 e. The van der Waals surface area contributed by atoms with Gasteiger partial charge in [-0.05, 0) is 67.2 Å². The summed E-state index contributed by atoms with van der Waals surface area (Å²) in [5.74, 6) is 0. The van der Waals surface area contributed by atoms with Crippen LogP contribution < -0.4 is 0 Å². The van der Waals surface area contributed by atoms with Crippen LogP contribution in [0, 0.1) is 0 Å². The lowest BCUT2D eigenvalue weighted by molar-refractivity contribution is 1.33. The van der Waals surface area contributed by atoms with Crippen LogP contribution in [0.5, 0.6) is 0 Å². The molecule has 2 aromatic heterocycles. The van der Waals surface area contributed by atoms with Gasteiger partial charge in [-0.1, -0.05) is 127 Å². The molecule has 0 aliphatic rings. The minimum absolute atomic E-state index is 1.01. The number of rotatable bonds is 3. The number of nitrogens with zero attached hydrogens (tertiary/aromatic N) is 2. The van der Waals surface area contributed by atoms with Gasteiger partial charge in [0.1, 0.15) is 0 Å². The van der Waals surface area contributed by atoms with Crippen LogP contribution in [0.3, 0.4) is 0 Å². The average molecular weight is 559 g/mol. The Bertz CT molecular complexity index is 2480. The third-order valence-corrected chi connectivity index (χ3v) is 8.90. The second kappa shape index (κ2) is 9.86. The van der Waals surface area contributed by atoms with E-state index in [0.717, 1.165) is 27.7 Å². The van der Waals surface area contributed by atoms with Gasteiger partial charge >= 0.3 is 0 Å². The fraction of sp³-hybridized carbons (Fsp3) is 0. The van der Waals surface area contributed by atoms with Gasteiger partial charge in [-0.2, -0.15) is 0 Å². The van der Waals surface area contributed by atoms with Gasteiger partial charge in [-0.3, -0.25) is 4.98 Å². The van der Waals surface area contributed by atoms with Crippen LogP contribution in [0.1, 0.15) is 0 Å². The van der Waals surface area contributed by atoms with Crippen molar-refractivity contribution in [2.45, 2.75) is 0 Å². The van der Waals surface area contributed by atoms with E-state index in [0.29, 0.717) is 0 Å². The molecule has 0 spiro atoms. The van der Waals surface area contributed by atoms with E-state index in [1.54, 1.807) is 0 Å². The third-order valence-electron chi connectivity index (χ3n) is 8.90. The standard InChI is InChI=1S/C42H26N2/c1-2-13-27(14-3-1)42-37-25-36(29-16-4-5-17-30(29)41(37)35-22-10-11-23-38(35)44-42)40-33-20-8-6-18-31(33)39(28-15-12-24-43-26-28)32-19-7-9-21-34(32)40/h1-26H. The number of hydrogen-bond acceptors (Lipinski definition) is 2. The van der Waals surface area contributed by atoms with Crippen LogP contribution in [-0.2, 0) is 0 Å². The summed E-state index contributed by atoms with van der Waals surface area (Å²) in [6.45, 7) is 0. The van der Waals surface area contributed by atoms with Crippen LogP contribution >= 0.6 is 0 Å². The summed E-state index contributed by atoms with van der Waals surface area (Å²) in [5.41, 5.74) is 7.93. The van der Waals surface area contributed by atoms with Crippen LogP contribution in [0.25, 0.3) is 87.5 Å². The predicted molar refractivity (Wildman–Crippen MR) is 186 cm³/mol. The Balaban J connectivity index is 1.51. The molecular formula is C42H26N2. The van der Waals surface area contributed by atoms with Gasteiger partial charge in [0.2, 0.25) is 0 Å². The summed E-state index contributed by atoms with van der Waals surface area (Å²) in [5, 5.41) is 10.9. The molecule has 2 heteroatoms. The van der Waals surface area contributed by atoms with Crippen molar-refractivity contribution in [1.29, 1.82) is 0 Å². The molecule has 9 rings (SSSR count). The highest BCUT2D eigenvalue weighted by Gasteiger charge is 2.21. The van der Waals surface area contributed by atoms with E-state index in [1.807, 2.05) is 18.5 Å². The second-order valence-corrected chi connectivity index (χ2v) is 11.3. The summed E-state index contributed by atoms with van der Waals surface area (Å²) < 4.78 is 0. The Kier molecular flexibility index (Phi) is 5.54. The Morgan fingerprint density at radius 2 is 0.932 bits per heavy atom. The van der Waals surface area contributed by atoms with Gasteiger partial charge in [-0.15, -0.1) is 0 Å². The molecule has 204 valence electrons. The molecule has 2 nitrogen and oxygen atoms in total. The summed E-state index contributed by atoms with van der Waals surface area (Å²) in [4.78, 5) is 9.77. The monoisotopic (exact) mass is 558 g/mol. The molecule has 0 bridgehead atoms. The maximum absolute atomic E-state index is 5.29. The Morgan fingerprint density at radius 3 is 1.59 bits per heavy atom. The molecule has 0 aliphatic heterocycles. The molecule has 0 N–H and O–H groups in total. The van der Waals surface area contributed by atoms with Crippen molar-refractivity contribution < 1.29 is 0 Å². The predicted octanol–water partition coefficient (Wildman–Crippen LogP) is 11.2. The Labute approximate surface area is 254 Å². The summed E-state index contributed by atoms with van der Waals surface area (Å²) >= 11 is 0. The first-order valence-corrected chi connectivity index (χ1v) is 15.0. The summed E-state index contributed by atoms with van der Waals surface area (Å²) in [7, 11) is 0. The van der Waals surface area contributed by atoms with Crippen molar-refractivity contribution in [3.05, 3.63) is 158 Å². The van der Waals surface area contributed by atoms with Crippen LogP contribution in [0.4, 0.5) is 0 Å². The van der Waals surface area contributed by atoms with Crippen molar-refractivity contribution in [2.24, 2.45) is 0 Å². The molecule has 0 unspecified atom stereocenters. The van der Waals surface area contributed by atoms with Crippen molar-refractivity contribution in [3.8, 4) is 33.5 Å². The number of pyridine rings is 2. The molecule has 0 saturated heterocycles. The lowest BCUT2D eigenvalue weighted by Gasteiger charge is -2.20. The molecule has 44 heavy (non-hydrogen) atoms. The van der Waals surface area contributed by atoms with E-state index in [1.165, 1.54) is 59.8 Å². The number of hydrogen-bond donors (Lipinski definition) is 0. The lowest BCUT2D eigenvalue weighted by Crippen LogP contribution is -1.95. The van der Waals surface area contributed by atoms with Crippen LogP contribution in [0.15, 0.2) is 158 Å². The van der Waals surface area contributed by atoms with Crippen molar-refractivity contribution >= 4 is 54.0 Å². The highest BCUT2D eigenvalue weighted by molar-refractivity contribution is 6.29. The van der Waals surface area contributed by atoms with Gasteiger partial charge in [-0.25, -0.2) is 4.98 Å². The lowest BCUT2D eigenvalue weighted by atomic mass is 9.83. The van der Waals surface area contributed by atoms with E-state index >= 15 is 0 Å². The fourth-order valence-corrected chi connectivity index (χ4v) is 7.08. The van der Waals surface area contributed by atoms with Gasteiger partial charge in [0.05, 0.1) is 11.2 Å². The van der Waals surface area contributed by atoms with Crippen molar-refractivity contribution in [2.75, 3.05) is 0 Å². The van der Waals surface area contributed by atoms with E-state index in [4.69, 9.17) is 4.98 Å². The van der Waals surface area contributed by atoms with Gasteiger partial charge < -0.3 is 0 Å². The molecule has 9 aromatic rings. The van der Waals surface area contributed by atoms with E-state index < -0.39 is 0 Å². The fourth-order valence-electron chi connectivity index (χ4n) is 7.08. The first kappa shape index (κ1) is 24.7. The molecule has 7 aromatic carbocycles. The minimum Gasteiger partial charge on any atom is -0.264 e. The Morgan fingerprint density at radius 1 is 0.386 bits per heavy atom. The minimum atomic E-state index is 1.01. The first-order chi connectivity index (χ1) is 21.9. The van der Waals surface area contributed by atoms with Crippen LogP contribution in [0.2, 0.25) is 0 Å². The average Bonchev–Trinajstić information content (AvgIpc) is 3.10. The maximum atomic E-state index is 5.29. The highest BCUT2D eigenvalue weighted by atomic mass is 14.7. The van der Waals surface area contributed by atoms with Gasteiger partial charge in [0, 0.05) is 39.7 Å². The molecule has 0 radical (unpaired) electrons. The maximum Gasteiger partial charge on any atom is 0.0788 e. The molecule has 0 aliphatic carbocycles. The van der Waals surface area contributed by atoms with Crippen molar-refractivity contribution in [3.63, 3.8) is 0 Å². The SMILES string of the molecule is c1ccc(-c2nc3ccccc3c3c2cc(-c2c4ccccc4c(-c4cccnc4)c4ccccc24)c2ccccc23)cc1. The Hall–Kier alpha value is -5.86. The van der Waals surface area contributed by atoms with E-state index in [9.17, 15) is 0 Å². The number of para-hydroxylation sites is 1. The van der Waals surface area contributed by atoms with Gasteiger partial charge in [0.15, 0.2) is 0 Å². The van der Waals surface area contributed by atoms with E-state index in [2.05, 4.69) is 145 Å². The normalized spacial score (nSPS) is 11.6. The van der Waals surface area contributed by atoms with Crippen molar-refractivity contribution in [1.82, 2.24) is 9.97 Å². The quantitative estimate of drug-likeness (QED) is 0.159. The zero-order valence-electron chi connectivity index (χ0n) is 23.9. The molecular weight excluding hydrogens is 532 g/mol. The number of aromatic nitrogens is 2. The smallest absolute Gasteiger partial charge is 0.0788 e. The molecule has 0 amide bonds. The summed E-state index contributed by atoms with van der Waals surface area (Å²) in [6.07, 6.45) is 3.81. The first-order valence-electron chi connectivity index (χ1n) is 15.0. The topological polar surface area (TPSA) is 25.8 Å². The zero-order valence-corrected chi connectivity index (χ0v) is 23.9. The molecule has 2 heterocycles. The van der Waals surface area contributed by atoms with Crippen LogP contribution in [-0.4, -0.2) is 9.97 Å². The van der Waals surface area contributed by atoms with E-state index in [-0.39, 0.29) is 0 Å². The highest BCUT2D eigenvalue weighted by Crippen LogP contribution is 2.48. The number of benzene rings is 7. The van der Waals surface area contributed by atoms with Gasteiger partial charge in [0.25, 0.3) is 0 Å². The summed E-state index contributed by atoms with van der Waals surface area (Å²) in [6, 6.07) is 52.2. The third kappa shape index (κ3) is 3.68. The molecule has 0 atom stereocenters. The molecule has 0 saturated carbocycles.